The van der Waals surface area contributed by atoms with Crippen LogP contribution < -0.4 is 10.6 Å². The van der Waals surface area contributed by atoms with Crippen molar-refractivity contribution in [2.45, 2.75) is 11.3 Å². The zero-order chi connectivity index (χ0) is 19.8. The van der Waals surface area contributed by atoms with Crippen molar-refractivity contribution in [1.82, 2.24) is 15.1 Å². The normalized spacial score (nSPS) is 10.5. The minimum absolute atomic E-state index is 0.121. The van der Waals surface area contributed by atoms with E-state index in [0.717, 1.165) is 5.69 Å². The van der Waals surface area contributed by atoms with E-state index < -0.39 is 0 Å². The van der Waals surface area contributed by atoms with Gasteiger partial charge < -0.3 is 10.6 Å². The SMILES string of the molecule is O=C(CCSc1ccccc1F)NCC(=O)Nc1ccc(-n2cccn2)cc1. The van der Waals surface area contributed by atoms with Gasteiger partial charge in [0.2, 0.25) is 11.8 Å². The van der Waals surface area contributed by atoms with E-state index in [0.29, 0.717) is 16.3 Å². The summed E-state index contributed by atoms with van der Waals surface area (Å²) >= 11 is 1.27. The van der Waals surface area contributed by atoms with Crippen LogP contribution in [-0.2, 0) is 9.59 Å². The molecule has 28 heavy (non-hydrogen) atoms. The summed E-state index contributed by atoms with van der Waals surface area (Å²) in [5, 5.41) is 9.42. The lowest BCUT2D eigenvalue weighted by molar-refractivity contribution is -0.123. The lowest BCUT2D eigenvalue weighted by atomic mass is 10.3. The highest BCUT2D eigenvalue weighted by molar-refractivity contribution is 7.99. The Hall–Kier alpha value is -3.13. The number of hydrogen-bond donors (Lipinski definition) is 2. The largest absolute Gasteiger partial charge is 0.347 e. The van der Waals surface area contributed by atoms with Crippen molar-refractivity contribution >= 4 is 29.3 Å². The fourth-order valence-corrected chi connectivity index (χ4v) is 3.30. The first-order valence-corrected chi connectivity index (χ1v) is 9.64. The van der Waals surface area contributed by atoms with E-state index in [4.69, 9.17) is 0 Å². The smallest absolute Gasteiger partial charge is 0.243 e. The van der Waals surface area contributed by atoms with Crippen LogP contribution in [0.2, 0.25) is 0 Å². The summed E-state index contributed by atoms with van der Waals surface area (Å²) in [4.78, 5) is 24.3. The maximum absolute atomic E-state index is 13.5. The van der Waals surface area contributed by atoms with E-state index in [2.05, 4.69) is 15.7 Å². The second kappa shape index (κ2) is 9.70. The molecule has 1 heterocycles. The lowest BCUT2D eigenvalue weighted by Crippen LogP contribution is -2.33. The summed E-state index contributed by atoms with van der Waals surface area (Å²) in [6, 6.07) is 15.4. The van der Waals surface area contributed by atoms with Gasteiger partial charge in [0.25, 0.3) is 0 Å². The van der Waals surface area contributed by atoms with E-state index in [-0.39, 0.29) is 30.6 Å². The van der Waals surface area contributed by atoms with Crippen molar-refractivity contribution in [2.75, 3.05) is 17.6 Å². The van der Waals surface area contributed by atoms with Crippen LogP contribution in [0.5, 0.6) is 0 Å². The number of thioether (sulfide) groups is 1. The molecule has 0 aliphatic rings. The van der Waals surface area contributed by atoms with Crippen molar-refractivity contribution in [2.24, 2.45) is 0 Å². The molecule has 0 bridgehead atoms. The quantitative estimate of drug-likeness (QED) is 0.571. The maximum atomic E-state index is 13.5. The van der Waals surface area contributed by atoms with Gasteiger partial charge in [-0.15, -0.1) is 11.8 Å². The lowest BCUT2D eigenvalue weighted by Gasteiger charge is -2.08. The van der Waals surface area contributed by atoms with Crippen LogP contribution in [0.3, 0.4) is 0 Å². The number of carbonyl (C=O) groups is 2. The Balaban J connectivity index is 1.38. The van der Waals surface area contributed by atoms with Crippen LogP contribution in [0.15, 0.2) is 71.9 Å². The second-order valence-corrected chi connectivity index (χ2v) is 6.99. The molecule has 0 atom stereocenters. The number of nitrogens with one attached hydrogen (secondary N) is 2. The van der Waals surface area contributed by atoms with Crippen molar-refractivity contribution in [3.63, 3.8) is 0 Å². The predicted molar refractivity (Wildman–Crippen MR) is 107 cm³/mol. The highest BCUT2D eigenvalue weighted by Crippen LogP contribution is 2.21. The van der Waals surface area contributed by atoms with E-state index in [1.807, 2.05) is 24.4 Å². The molecule has 3 rings (SSSR count). The highest BCUT2D eigenvalue weighted by Gasteiger charge is 2.08. The minimum Gasteiger partial charge on any atom is -0.347 e. The molecule has 3 aromatic rings. The van der Waals surface area contributed by atoms with Crippen molar-refractivity contribution in [3.05, 3.63) is 72.8 Å². The molecule has 0 spiro atoms. The van der Waals surface area contributed by atoms with E-state index in [1.54, 1.807) is 41.2 Å². The molecule has 0 saturated carbocycles. The molecule has 8 heteroatoms. The summed E-state index contributed by atoms with van der Waals surface area (Å²) in [6.07, 6.45) is 3.71. The molecule has 0 aliphatic heterocycles. The average Bonchev–Trinajstić information content (AvgIpc) is 3.23. The Labute approximate surface area is 166 Å². The first-order valence-electron chi connectivity index (χ1n) is 8.66. The molecule has 0 unspecified atom stereocenters. The van der Waals surface area contributed by atoms with E-state index >= 15 is 0 Å². The van der Waals surface area contributed by atoms with Crippen molar-refractivity contribution in [1.29, 1.82) is 0 Å². The van der Waals surface area contributed by atoms with Gasteiger partial charge in [0.05, 0.1) is 12.2 Å². The molecule has 2 amide bonds. The van der Waals surface area contributed by atoms with Crippen molar-refractivity contribution < 1.29 is 14.0 Å². The van der Waals surface area contributed by atoms with Gasteiger partial charge in [-0.05, 0) is 42.5 Å². The maximum Gasteiger partial charge on any atom is 0.243 e. The summed E-state index contributed by atoms with van der Waals surface area (Å²) in [5.74, 6) is -0.440. The van der Waals surface area contributed by atoms with Gasteiger partial charge in [-0.3, -0.25) is 9.59 Å². The first kappa shape index (κ1) is 19.6. The van der Waals surface area contributed by atoms with Crippen LogP contribution in [0, 0.1) is 5.82 Å². The molecular weight excluding hydrogens is 379 g/mol. The van der Waals surface area contributed by atoms with Gasteiger partial charge in [0.1, 0.15) is 5.82 Å². The minimum atomic E-state index is -0.318. The molecular formula is C20H19FN4O2S. The van der Waals surface area contributed by atoms with Gasteiger partial charge in [0.15, 0.2) is 0 Å². The summed E-state index contributed by atoms with van der Waals surface area (Å²) < 4.78 is 15.2. The molecule has 0 aliphatic carbocycles. The van der Waals surface area contributed by atoms with Crippen LogP contribution >= 0.6 is 11.8 Å². The zero-order valence-corrected chi connectivity index (χ0v) is 15.8. The van der Waals surface area contributed by atoms with Crippen LogP contribution in [0.4, 0.5) is 10.1 Å². The Morgan fingerprint density at radius 1 is 1.04 bits per heavy atom. The number of hydrogen-bond acceptors (Lipinski definition) is 4. The van der Waals surface area contributed by atoms with Crippen LogP contribution in [-0.4, -0.2) is 33.9 Å². The summed E-state index contributed by atoms with van der Waals surface area (Å²) in [7, 11) is 0. The third kappa shape index (κ3) is 5.68. The Morgan fingerprint density at radius 3 is 2.54 bits per heavy atom. The highest BCUT2D eigenvalue weighted by atomic mass is 32.2. The summed E-state index contributed by atoms with van der Waals surface area (Å²) in [6.45, 7) is -0.121. The monoisotopic (exact) mass is 398 g/mol. The molecule has 144 valence electrons. The Morgan fingerprint density at radius 2 is 1.82 bits per heavy atom. The van der Waals surface area contributed by atoms with Gasteiger partial charge >= 0.3 is 0 Å². The molecule has 0 saturated heterocycles. The fourth-order valence-electron chi connectivity index (χ4n) is 2.41. The van der Waals surface area contributed by atoms with Crippen LogP contribution in [0.25, 0.3) is 5.69 Å². The number of rotatable bonds is 8. The molecule has 0 radical (unpaired) electrons. The van der Waals surface area contributed by atoms with Gasteiger partial charge in [-0.2, -0.15) is 5.10 Å². The number of benzene rings is 2. The molecule has 2 aromatic carbocycles. The Bertz CT molecular complexity index is 930. The molecule has 1 aromatic heterocycles. The third-order valence-corrected chi connectivity index (χ3v) is 4.84. The average molecular weight is 398 g/mol. The van der Waals surface area contributed by atoms with Crippen molar-refractivity contribution in [3.8, 4) is 5.69 Å². The predicted octanol–water partition coefficient (Wildman–Crippen LogP) is 3.25. The molecule has 0 fully saturated rings. The van der Waals surface area contributed by atoms with Crippen LogP contribution in [0.1, 0.15) is 6.42 Å². The number of halogens is 1. The number of carbonyl (C=O) groups excluding carboxylic acids is 2. The Kier molecular flexibility index (Phi) is 6.80. The second-order valence-electron chi connectivity index (χ2n) is 5.85. The standard InChI is InChI=1S/C20H19FN4O2S/c21-17-4-1-2-5-18(17)28-13-10-19(26)22-14-20(27)24-15-6-8-16(9-7-15)25-12-3-11-23-25/h1-9,11-12H,10,13-14H2,(H,22,26)(H,24,27). The molecule has 2 N–H and O–H groups in total. The van der Waals surface area contributed by atoms with Gasteiger partial charge in [0, 0.05) is 35.2 Å². The number of aromatic nitrogens is 2. The van der Waals surface area contributed by atoms with E-state index in [9.17, 15) is 14.0 Å². The fraction of sp³-hybridized carbons (Fsp3) is 0.150. The number of amides is 2. The molecule has 6 nitrogen and oxygen atoms in total. The number of anilines is 1. The first-order chi connectivity index (χ1) is 13.6. The summed E-state index contributed by atoms with van der Waals surface area (Å²) in [5.41, 5.74) is 1.51. The zero-order valence-electron chi connectivity index (χ0n) is 15.0. The van der Waals surface area contributed by atoms with E-state index in [1.165, 1.54) is 17.8 Å². The van der Waals surface area contributed by atoms with Gasteiger partial charge in [-0.25, -0.2) is 9.07 Å². The third-order valence-electron chi connectivity index (χ3n) is 3.79. The topological polar surface area (TPSA) is 76.0 Å². The number of nitrogens with zero attached hydrogens (tertiary/aromatic N) is 2. The van der Waals surface area contributed by atoms with Gasteiger partial charge in [-0.1, -0.05) is 12.1 Å².